The summed E-state index contributed by atoms with van der Waals surface area (Å²) in [5.41, 5.74) is 6.73. The van der Waals surface area contributed by atoms with E-state index in [1.165, 1.54) is 12.6 Å². The molecule has 0 aliphatic heterocycles. The quantitative estimate of drug-likeness (QED) is 0.291. The number of anilines is 2. The van der Waals surface area contributed by atoms with Gasteiger partial charge in [-0.3, -0.25) is 4.79 Å². The van der Waals surface area contributed by atoms with Crippen LogP contribution < -0.4 is 11.1 Å². The van der Waals surface area contributed by atoms with Gasteiger partial charge in [0.25, 0.3) is 0 Å². The minimum atomic E-state index is -0.634. The number of aromatic nitrogens is 2. The molecule has 3 rings (SSSR count). The smallest absolute Gasteiger partial charge is 0.410 e. The summed E-state index contributed by atoms with van der Waals surface area (Å²) < 4.78 is 11.5. The molecule has 1 aliphatic rings. The Morgan fingerprint density at radius 3 is 2.14 bits per heavy atom. The fourth-order valence-corrected chi connectivity index (χ4v) is 4.87. The van der Waals surface area contributed by atoms with Gasteiger partial charge in [0.15, 0.2) is 6.29 Å². The molecule has 3 N–H and O–H groups in total. The van der Waals surface area contributed by atoms with Crippen molar-refractivity contribution in [1.82, 2.24) is 19.8 Å². The number of nitrogen functional groups attached to an aromatic ring is 1. The number of benzene rings is 1. The Hall–Kier alpha value is -3.89. The summed E-state index contributed by atoms with van der Waals surface area (Å²) in [4.78, 5) is 49.0. The van der Waals surface area contributed by atoms with E-state index in [1.807, 2.05) is 70.7 Å². The van der Waals surface area contributed by atoms with E-state index < -0.39 is 17.3 Å². The van der Waals surface area contributed by atoms with E-state index in [-0.39, 0.29) is 23.5 Å². The summed E-state index contributed by atoms with van der Waals surface area (Å²) in [5.74, 6) is 0.454. The van der Waals surface area contributed by atoms with Crippen LogP contribution in [0.3, 0.4) is 0 Å². The van der Waals surface area contributed by atoms with E-state index in [9.17, 15) is 14.4 Å². The Bertz CT molecular complexity index is 1220. The zero-order valence-corrected chi connectivity index (χ0v) is 26.5. The molecule has 43 heavy (non-hydrogen) atoms. The third kappa shape index (κ3) is 11.4. The van der Waals surface area contributed by atoms with Crippen LogP contribution in [0.4, 0.5) is 21.4 Å². The van der Waals surface area contributed by atoms with E-state index in [1.54, 1.807) is 4.90 Å². The molecule has 0 spiro atoms. The van der Waals surface area contributed by atoms with Crippen LogP contribution in [0.2, 0.25) is 0 Å². The van der Waals surface area contributed by atoms with Crippen LogP contribution in [0.25, 0.3) is 0 Å². The van der Waals surface area contributed by atoms with Crippen molar-refractivity contribution in [3.8, 4) is 0 Å². The molecule has 2 aromatic rings. The average molecular weight is 597 g/mol. The first-order valence-electron chi connectivity index (χ1n) is 15.1. The summed E-state index contributed by atoms with van der Waals surface area (Å²) in [6.07, 6.45) is 7.26. The standard InChI is InChI=1S/C32H48N6O5/c1-31(2,3)42-29(40)37(17-10-18-38(26-11-8-7-9-12-26)30(41)43-32(4,5)6)21-24-15-13-23(14-16-24)19-34-28-35-20-25(22-39)27(33)36-28/h13-16,20,22,26H,7-12,17-19,21H2,1-6H3,(H3,33,34,35,36). The molecule has 1 aromatic carbocycles. The van der Waals surface area contributed by atoms with Gasteiger partial charge in [0.2, 0.25) is 5.95 Å². The second kappa shape index (κ2) is 15.0. The number of hydrogen-bond acceptors (Lipinski definition) is 9. The van der Waals surface area contributed by atoms with Crippen molar-refractivity contribution in [3.63, 3.8) is 0 Å². The topological polar surface area (TPSA) is 140 Å². The second-order valence-corrected chi connectivity index (χ2v) is 13.0. The molecule has 11 nitrogen and oxygen atoms in total. The van der Waals surface area contributed by atoms with Gasteiger partial charge in [0, 0.05) is 38.4 Å². The second-order valence-electron chi connectivity index (χ2n) is 13.0. The monoisotopic (exact) mass is 596 g/mol. The van der Waals surface area contributed by atoms with Crippen LogP contribution in [0, 0.1) is 0 Å². The van der Waals surface area contributed by atoms with Gasteiger partial charge in [0.05, 0.1) is 5.56 Å². The largest absolute Gasteiger partial charge is 0.444 e. The summed E-state index contributed by atoms with van der Waals surface area (Å²) >= 11 is 0. The number of aldehydes is 1. The molecule has 0 bridgehead atoms. The molecular formula is C32H48N6O5. The lowest BCUT2D eigenvalue weighted by Crippen LogP contribution is -2.45. The Balaban J connectivity index is 1.65. The molecular weight excluding hydrogens is 548 g/mol. The lowest BCUT2D eigenvalue weighted by atomic mass is 9.94. The van der Waals surface area contributed by atoms with Crippen molar-refractivity contribution >= 4 is 30.2 Å². The van der Waals surface area contributed by atoms with Gasteiger partial charge < -0.3 is 30.3 Å². The molecule has 1 heterocycles. The van der Waals surface area contributed by atoms with Crippen molar-refractivity contribution in [2.75, 3.05) is 24.1 Å². The van der Waals surface area contributed by atoms with Crippen LogP contribution in [0.1, 0.15) is 102 Å². The summed E-state index contributed by atoms with van der Waals surface area (Å²) in [6, 6.07) is 8.02. The van der Waals surface area contributed by atoms with Crippen molar-refractivity contribution < 1.29 is 23.9 Å². The maximum atomic E-state index is 13.2. The van der Waals surface area contributed by atoms with Crippen LogP contribution in [-0.2, 0) is 22.6 Å². The fourth-order valence-electron chi connectivity index (χ4n) is 4.87. The number of nitrogens with zero attached hydrogens (tertiary/aromatic N) is 4. The average Bonchev–Trinajstić information content (AvgIpc) is 2.93. The lowest BCUT2D eigenvalue weighted by Gasteiger charge is -2.36. The van der Waals surface area contributed by atoms with E-state index >= 15 is 0 Å². The first-order chi connectivity index (χ1) is 20.2. The number of hydrogen-bond donors (Lipinski definition) is 2. The first-order valence-corrected chi connectivity index (χ1v) is 15.1. The number of nitrogens with two attached hydrogens (primary N) is 1. The van der Waals surface area contributed by atoms with E-state index in [2.05, 4.69) is 15.3 Å². The summed E-state index contributed by atoms with van der Waals surface area (Å²) in [5, 5.41) is 3.10. The summed E-state index contributed by atoms with van der Waals surface area (Å²) in [6.45, 7) is 12.9. The Morgan fingerprint density at radius 1 is 0.953 bits per heavy atom. The number of ether oxygens (including phenoxy) is 2. The molecule has 1 saturated carbocycles. The zero-order chi connectivity index (χ0) is 31.6. The Labute approximate surface area is 255 Å². The molecule has 0 saturated heterocycles. The third-order valence-corrected chi connectivity index (χ3v) is 6.94. The van der Waals surface area contributed by atoms with Crippen molar-refractivity contribution in [1.29, 1.82) is 0 Å². The molecule has 11 heteroatoms. The highest BCUT2D eigenvalue weighted by Gasteiger charge is 2.30. The van der Waals surface area contributed by atoms with Gasteiger partial charge in [-0.1, -0.05) is 43.5 Å². The van der Waals surface area contributed by atoms with Gasteiger partial charge in [0.1, 0.15) is 17.0 Å². The molecule has 0 radical (unpaired) electrons. The van der Waals surface area contributed by atoms with E-state index in [4.69, 9.17) is 15.2 Å². The number of nitrogens with one attached hydrogen (secondary N) is 1. The molecule has 1 fully saturated rings. The molecule has 1 aliphatic carbocycles. The molecule has 2 amide bonds. The van der Waals surface area contributed by atoms with Crippen LogP contribution >= 0.6 is 0 Å². The minimum absolute atomic E-state index is 0.123. The normalized spacial score (nSPS) is 14.1. The number of carbonyl (C=O) groups excluding carboxylic acids is 3. The number of carbonyl (C=O) groups is 3. The molecule has 0 atom stereocenters. The lowest BCUT2D eigenvalue weighted by molar-refractivity contribution is 0.00969. The molecule has 236 valence electrons. The number of rotatable bonds is 11. The third-order valence-electron chi connectivity index (χ3n) is 6.94. The van der Waals surface area contributed by atoms with Gasteiger partial charge in [-0.15, -0.1) is 0 Å². The van der Waals surface area contributed by atoms with E-state index in [0.717, 1.165) is 36.8 Å². The predicted octanol–water partition coefficient (Wildman–Crippen LogP) is 6.18. The predicted molar refractivity (Wildman–Crippen MR) is 167 cm³/mol. The Morgan fingerprint density at radius 2 is 1.56 bits per heavy atom. The SMILES string of the molecule is CC(C)(C)OC(=O)N(CCCN(C(=O)OC(C)(C)C)C1CCCCC1)Cc1ccc(CNc2ncc(C=O)c(N)n2)cc1. The highest BCUT2D eigenvalue weighted by atomic mass is 16.6. The van der Waals surface area contributed by atoms with Gasteiger partial charge in [-0.05, 0) is 71.9 Å². The van der Waals surface area contributed by atoms with Crippen molar-refractivity contribution in [3.05, 3.63) is 47.2 Å². The van der Waals surface area contributed by atoms with Gasteiger partial charge in [-0.2, -0.15) is 4.98 Å². The van der Waals surface area contributed by atoms with Crippen molar-refractivity contribution in [2.45, 2.75) is 110 Å². The molecule has 1 aromatic heterocycles. The van der Waals surface area contributed by atoms with Crippen LogP contribution in [0.5, 0.6) is 0 Å². The highest BCUT2D eigenvalue weighted by Crippen LogP contribution is 2.25. The first kappa shape index (κ1) is 33.6. The van der Waals surface area contributed by atoms with E-state index in [0.29, 0.717) is 44.8 Å². The maximum Gasteiger partial charge on any atom is 0.410 e. The summed E-state index contributed by atoms with van der Waals surface area (Å²) in [7, 11) is 0. The van der Waals surface area contributed by atoms with Crippen LogP contribution in [-0.4, -0.2) is 68.6 Å². The fraction of sp³-hybridized carbons (Fsp3) is 0.594. The molecule has 0 unspecified atom stereocenters. The van der Waals surface area contributed by atoms with Gasteiger partial charge in [-0.25, -0.2) is 14.6 Å². The highest BCUT2D eigenvalue weighted by molar-refractivity contribution is 5.81. The zero-order valence-electron chi connectivity index (χ0n) is 26.5. The Kier molecular flexibility index (Phi) is 11.7. The number of amides is 2. The van der Waals surface area contributed by atoms with Gasteiger partial charge >= 0.3 is 12.2 Å². The van der Waals surface area contributed by atoms with Crippen molar-refractivity contribution in [2.24, 2.45) is 0 Å². The maximum absolute atomic E-state index is 13.2. The van der Waals surface area contributed by atoms with Crippen LogP contribution in [0.15, 0.2) is 30.5 Å². The minimum Gasteiger partial charge on any atom is -0.444 e.